The van der Waals surface area contributed by atoms with Crippen LogP contribution in [-0.2, 0) is 4.74 Å². The number of ether oxygens (including phenoxy) is 1. The molecule has 1 saturated heterocycles. The van der Waals surface area contributed by atoms with Gasteiger partial charge >= 0.3 is 0 Å². The minimum Gasteiger partial charge on any atom is -0.384 e. The van der Waals surface area contributed by atoms with E-state index in [0.717, 1.165) is 43.4 Å². The Labute approximate surface area is 117 Å². The first kappa shape index (κ1) is 12.8. The highest BCUT2D eigenvalue weighted by Gasteiger charge is 2.12. The smallest absolute Gasteiger partial charge is 0.163 e. The van der Waals surface area contributed by atoms with Crippen LogP contribution < -0.4 is 10.6 Å². The Balaban J connectivity index is 1.85. The second-order valence-electron chi connectivity index (χ2n) is 4.76. The number of aromatic nitrogens is 3. The van der Waals surface area contributed by atoms with Crippen LogP contribution in [0, 0.1) is 6.92 Å². The van der Waals surface area contributed by atoms with E-state index in [-0.39, 0.29) is 0 Å². The summed E-state index contributed by atoms with van der Waals surface area (Å²) in [5, 5.41) is 0. The maximum atomic E-state index is 5.75. The average molecular weight is 271 g/mol. The van der Waals surface area contributed by atoms with Gasteiger partial charge in [0.15, 0.2) is 5.82 Å². The van der Waals surface area contributed by atoms with E-state index in [1.807, 2.05) is 19.1 Å². The van der Waals surface area contributed by atoms with Crippen molar-refractivity contribution >= 4 is 11.6 Å². The van der Waals surface area contributed by atoms with Crippen LogP contribution in [-0.4, -0.2) is 41.3 Å². The van der Waals surface area contributed by atoms with Crippen molar-refractivity contribution in [3.8, 4) is 11.4 Å². The average Bonchev–Trinajstić information content (AvgIpc) is 2.47. The van der Waals surface area contributed by atoms with Crippen LogP contribution in [0.5, 0.6) is 0 Å². The van der Waals surface area contributed by atoms with Crippen LogP contribution in [0.4, 0.5) is 11.6 Å². The van der Waals surface area contributed by atoms with Crippen molar-refractivity contribution in [1.82, 2.24) is 15.0 Å². The van der Waals surface area contributed by atoms with E-state index in [1.165, 1.54) is 0 Å². The molecule has 0 radical (unpaired) electrons. The minimum absolute atomic E-state index is 0.477. The van der Waals surface area contributed by atoms with Crippen molar-refractivity contribution in [3.05, 3.63) is 30.1 Å². The molecule has 6 heteroatoms. The Bertz CT molecular complexity index is 573. The van der Waals surface area contributed by atoms with Gasteiger partial charge in [0.2, 0.25) is 0 Å². The summed E-state index contributed by atoms with van der Waals surface area (Å²) >= 11 is 0. The molecular weight excluding hydrogens is 254 g/mol. The molecule has 0 unspecified atom stereocenters. The Morgan fingerprint density at radius 1 is 1.20 bits per heavy atom. The number of nitrogens with two attached hydrogens (primary N) is 1. The van der Waals surface area contributed by atoms with E-state index in [1.54, 1.807) is 12.3 Å². The lowest BCUT2D eigenvalue weighted by atomic mass is 10.2. The Morgan fingerprint density at radius 2 is 2.00 bits per heavy atom. The number of hydrogen-bond acceptors (Lipinski definition) is 6. The van der Waals surface area contributed by atoms with Gasteiger partial charge in [-0.1, -0.05) is 0 Å². The molecular formula is C14H17N5O. The van der Waals surface area contributed by atoms with Gasteiger partial charge < -0.3 is 15.4 Å². The molecule has 3 heterocycles. The largest absolute Gasteiger partial charge is 0.384 e. The molecule has 0 atom stereocenters. The second-order valence-corrected chi connectivity index (χ2v) is 4.76. The van der Waals surface area contributed by atoms with Crippen LogP contribution in [0.2, 0.25) is 0 Å². The first-order valence-electron chi connectivity index (χ1n) is 6.63. The van der Waals surface area contributed by atoms with Gasteiger partial charge in [-0.3, -0.25) is 0 Å². The van der Waals surface area contributed by atoms with Crippen molar-refractivity contribution in [2.24, 2.45) is 0 Å². The summed E-state index contributed by atoms with van der Waals surface area (Å²) in [5.74, 6) is 2.05. The third-order valence-corrected chi connectivity index (χ3v) is 3.22. The van der Waals surface area contributed by atoms with E-state index in [0.29, 0.717) is 11.6 Å². The van der Waals surface area contributed by atoms with Gasteiger partial charge in [0, 0.05) is 36.6 Å². The number of aryl methyl sites for hydroxylation is 1. The number of morpholine rings is 1. The molecule has 1 fully saturated rings. The molecule has 1 aliphatic heterocycles. The zero-order valence-electron chi connectivity index (χ0n) is 11.4. The highest BCUT2D eigenvalue weighted by Crippen LogP contribution is 2.19. The zero-order valence-corrected chi connectivity index (χ0v) is 11.4. The fraction of sp³-hybridized carbons (Fsp3) is 0.357. The van der Waals surface area contributed by atoms with Gasteiger partial charge in [-0.15, -0.1) is 0 Å². The lowest BCUT2D eigenvalue weighted by Gasteiger charge is -2.27. The van der Waals surface area contributed by atoms with Crippen LogP contribution in [0.25, 0.3) is 11.4 Å². The normalized spacial score (nSPS) is 15.3. The van der Waals surface area contributed by atoms with Crippen molar-refractivity contribution in [2.75, 3.05) is 36.9 Å². The summed E-state index contributed by atoms with van der Waals surface area (Å²) in [6, 6.07) is 5.72. The molecule has 0 bridgehead atoms. The summed E-state index contributed by atoms with van der Waals surface area (Å²) in [6.45, 7) is 5.15. The van der Waals surface area contributed by atoms with Crippen LogP contribution >= 0.6 is 0 Å². The van der Waals surface area contributed by atoms with E-state index in [9.17, 15) is 0 Å². The monoisotopic (exact) mass is 271 g/mol. The molecule has 6 nitrogen and oxygen atoms in total. The van der Waals surface area contributed by atoms with Crippen LogP contribution in [0.15, 0.2) is 24.4 Å². The number of rotatable bonds is 2. The molecule has 0 aliphatic carbocycles. The number of pyridine rings is 1. The first-order valence-corrected chi connectivity index (χ1v) is 6.63. The molecule has 1 aliphatic rings. The number of nitrogen functional groups attached to an aromatic ring is 1. The maximum Gasteiger partial charge on any atom is 0.163 e. The summed E-state index contributed by atoms with van der Waals surface area (Å²) in [6.07, 6.45) is 1.79. The van der Waals surface area contributed by atoms with Gasteiger partial charge in [0.05, 0.1) is 13.2 Å². The van der Waals surface area contributed by atoms with Gasteiger partial charge in [0.1, 0.15) is 11.6 Å². The second kappa shape index (κ2) is 5.42. The Morgan fingerprint density at radius 3 is 2.65 bits per heavy atom. The highest BCUT2D eigenvalue weighted by molar-refractivity contribution is 5.58. The Hall–Kier alpha value is -2.21. The molecule has 0 amide bonds. The molecule has 2 N–H and O–H groups in total. The molecule has 0 aromatic carbocycles. The molecule has 2 aromatic heterocycles. The fourth-order valence-electron chi connectivity index (χ4n) is 2.22. The summed E-state index contributed by atoms with van der Waals surface area (Å²) in [5.41, 5.74) is 7.47. The van der Waals surface area contributed by atoms with E-state index in [4.69, 9.17) is 10.5 Å². The van der Waals surface area contributed by atoms with Crippen molar-refractivity contribution < 1.29 is 4.74 Å². The van der Waals surface area contributed by atoms with Gasteiger partial charge in [0.25, 0.3) is 0 Å². The number of hydrogen-bond donors (Lipinski definition) is 1. The predicted octanol–water partition coefficient (Wildman–Crippen LogP) is 1.27. The van der Waals surface area contributed by atoms with Crippen molar-refractivity contribution in [3.63, 3.8) is 0 Å². The quantitative estimate of drug-likeness (QED) is 0.886. The third kappa shape index (κ3) is 2.70. The third-order valence-electron chi connectivity index (χ3n) is 3.22. The number of nitrogens with zero attached hydrogens (tertiary/aromatic N) is 4. The fourth-order valence-corrected chi connectivity index (χ4v) is 2.22. The zero-order chi connectivity index (χ0) is 13.9. The van der Waals surface area contributed by atoms with E-state index in [2.05, 4.69) is 19.9 Å². The highest BCUT2D eigenvalue weighted by atomic mass is 16.5. The molecule has 104 valence electrons. The molecule has 20 heavy (non-hydrogen) atoms. The molecule has 3 rings (SSSR count). The first-order chi connectivity index (χ1) is 9.72. The standard InChI is InChI=1S/C14H17N5O/c1-10-8-12(15)18-14(17-10)11-2-3-13(16-9-11)19-4-6-20-7-5-19/h2-3,8-9H,4-7H2,1H3,(H2,15,17,18). The van der Waals surface area contributed by atoms with E-state index >= 15 is 0 Å². The summed E-state index contributed by atoms with van der Waals surface area (Å²) in [7, 11) is 0. The predicted molar refractivity (Wildman–Crippen MR) is 77.4 cm³/mol. The van der Waals surface area contributed by atoms with Gasteiger partial charge in [-0.25, -0.2) is 15.0 Å². The summed E-state index contributed by atoms with van der Waals surface area (Å²) in [4.78, 5) is 15.3. The Kier molecular flexibility index (Phi) is 3.47. The topological polar surface area (TPSA) is 77.2 Å². The number of anilines is 2. The van der Waals surface area contributed by atoms with Crippen molar-refractivity contribution in [1.29, 1.82) is 0 Å². The maximum absolute atomic E-state index is 5.75. The van der Waals surface area contributed by atoms with Crippen LogP contribution in [0.3, 0.4) is 0 Å². The van der Waals surface area contributed by atoms with Crippen LogP contribution in [0.1, 0.15) is 5.69 Å². The SMILES string of the molecule is Cc1cc(N)nc(-c2ccc(N3CCOCC3)nc2)n1. The van der Waals surface area contributed by atoms with Gasteiger partial charge in [-0.2, -0.15) is 0 Å². The lowest BCUT2D eigenvalue weighted by molar-refractivity contribution is 0.122. The van der Waals surface area contributed by atoms with Gasteiger partial charge in [-0.05, 0) is 19.1 Å². The summed E-state index contributed by atoms with van der Waals surface area (Å²) < 4.78 is 5.34. The molecule has 0 saturated carbocycles. The van der Waals surface area contributed by atoms with Crippen molar-refractivity contribution in [2.45, 2.75) is 6.92 Å². The lowest BCUT2D eigenvalue weighted by Crippen LogP contribution is -2.36. The molecule has 2 aromatic rings. The molecule has 0 spiro atoms. The minimum atomic E-state index is 0.477. The van der Waals surface area contributed by atoms with E-state index < -0.39 is 0 Å².